The van der Waals surface area contributed by atoms with Crippen LogP contribution in [0.3, 0.4) is 0 Å². The summed E-state index contributed by atoms with van der Waals surface area (Å²) in [6, 6.07) is 0.348. The maximum absolute atomic E-state index is 12.5. The van der Waals surface area contributed by atoms with Gasteiger partial charge in [-0.15, -0.1) is 0 Å². The molecule has 6 heteroatoms. The number of alkyl halides is 2. The molecule has 0 unspecified atom stereocenters. The largest absolute Gasteiger partial charge is 0.494 e. The van der Waals surface area contributed by atoms with E-state index in [9.17, 15) is 18.0 Å². The van der Waals surface area contributed by atoms with Crippen LogP contribution in [0.4, 0.5) is 13.2 Å². The molecule has 66 valence electrons. The van der Waals surface area contributed by atoms with Crippen molar-refractivity contribution in [3.05, 3.63) is 27.8 Å². The Morgan fingerprint density at radius 2 is 2.08 bits per heavy atom. The van der Waals surface area contributed by atoms with Crippen molar-refractivity contribution in [1.82, 2.24) is 4.98 Å². The van der Waals surface area contributed by atoms with E-state index in [1.165, 1.54) is 0 Å². The summed E-state index contributed by atoms with van der Waals surface area (Å²) in [6.07, 6.45) is -3.15. The second kappa shape index (κ2) is 2.88. The lowest BCUT2D eigenvalue weighted by atomic mass is 10.2. The normalized spacial score (nSPS) is 10.7. The number of hydrogen-bond acceptors (Lipinski definition) is 2. The van der Waals surface area contributed by atoms with E-state index in [2.05, 4.69) is 0 Å². The molecule has 0 aliphatic rings. The summed E-state index contributed by atoms with van der Waals surface area (Å²) in [5, 5.41) is 8.67. The number of halogens is 3. The van der Waals surface area contributed by atoms with Gasteiger partial charge in [0.15, 0.2) is 0 Å². The van der Waals surface area contributed by atoms with Crippen molar-refractivity contribution in [2.75, 3.05) is 0 Å². The minimum Gasteiger partial charge on any atom is -0.494 e. The minimum absolute atomic E-state index is 0.348. The molecule has 0 saturated heterocycles. The lowest BCUT2D eigenvalue weighted by Gasteiger charge is -2.02. The van der Waals surface area contributed by atoms with Crippen LogP contribution in [0.2, 0.25) is 0 Å². The first-order chi connectivity index (χ1) is 5.52. The zero-order valence-electron chi connectivity index (χ0n) is 5.64. The second-order valence-electron chi connectivity index (χ2n) is 2.04. The van der Waals surface area contributed by atoms with E-state index in [-0.39, 0.29) is 0 Å². The van der Waals surface area contributed by atoms with Gasteiger partial charge in [-0.05, 0) is 0 Å². The molecule has 1 heterocycles. The van der Waals surface area contributed by atoms with Crippen LogP contribution < -0.4 is 5.56 Å². The number of H-pyrrole nitrogens is 1. The van der Waals surface area contributed by atoms with Crippen LogP contribution in [-0.4, -0.2) is 10.1 Å². The number of aromatic hydroxyl groups is 1. The summed E-state index contributed by atoms with van der Waals surface area (Å²) in [5.41, 5.74) is -2.15. The molecule has 0 saturated carbocycles. The van der Waals surface area contributed by atoms with Gasteiger partial charge in [0.25, 0.3) is 12.0 Å². The van der Waals surface area contributed by atoms with Gasteiger partial charge in [0, 0.05) is 6.07 Å². The van der Waals surface area contributed by atoms with Gasteiger partial charge in [-0.25, -0.2) is 13.2 Å². The topological polar surface area (TPSA) is 53.1 Å². The van der Waals surface area contributed by atoms with E-state index >= 15 is 0 Å². The fraction of sp³-hybridized carbons (Fsp3) is 0.167. The molecule has 0 fully saturated rings. The maximum Gasteiger partial charge on any atom is 0.271 e. The van der Waals surface area contributed by atoms with E-state index in [0.29, 0.717) is 6.07 Å². The van der Waals surface area contributed by atoms with Gasteiger partial charge < -0.3 is 5.11 Å². The minimum atomic E-state index is -3.15. The molecule has 1 rings (SSSR count). The van der Waals surface area contributed by atoms with Crippen molar-refractivity contribution < 1.29 is 18.3 Å². The summed E-state index contributed by atoms with van der Waals surface area (Å²) in [4.78, 5) is 12.0. The Balaban J connectivity index is 3.38. The average Bonchev–Trinajstić information content (AvgIpc) is 1.82. The highest BCUT2D eigenvalue weighted by Gasteiger charge is 2.19. The van der Waals surface area contributed by atoms with Crippen LogP contribution in [0.5, 0.6) is 5.88 Å². The first-order valence-corrected chi connectivity index (χ1v) is 2.92. The van der Waals surface area contributed by atoms with Crippen molar-refractivity contribution in [3.8, 4) is 5.88 Å². The van der Waals surface area contributed by atoms with Gasteiger partial charge in [-0.1, -0.05) is 0 Å². The third kappa shape index (κ3) is 1.41. The van der Waals surface area contributed by atoms with E-state index in [4.69, 9.17) is 5.11 Å². The average molecular weight is 179 g/mol. The van der Waals surface area contributed by atoms with Gasteiger partial charge in [0.05, 0.1) is 0 Å². The fourth-order valence-electron chi connectivity index (χ4n) is 0.734. The molecular weight excluding hydrogens is 175 g/mol. The molecule has 1 aromatic heterocycles. The molecule has 0 aliphatic heterocycles. The van der Waals surface area contributed by atoms with Gasteiger partial charge in [0.1, 0.15) is 11.4 Å². The lowest BCUT2D eigenvalue weighted by Crippen LogP contribution is -2.08. The summed E-state index contributed by atoms with van der Waals surface area (Å²) in [7, 11) is 0. The zero-order valence-corrected chi connectivity index (χ0v) is 5.64. The van der Waals surface area contributed by atoms with Crippen molar-refractivity contribution in [2.45, 2.75) is 6.43 Å². The van der Waals surface area contributed by atoms with E-state index in [1.807, 2.05) is 0 Å². The Labute approximate surface area is 64.5 Å². The predicted molar refractivity (Wildman–Crippen MR) is 33.6 cm³/mol. The van der Waals surface area contributed by atoms with Gasteiger partial charge in [0.2, 0.25) is 5.88 Å². The Kier molecular flexibility index (Phi) is 2.07. The molecule has 1 aromatic rings. The standard InChI is InChI=1S/C6H4F3NO2/c7-2-1-3(11)10-6(12)4(2)5(8)9/h1,5H,(H2,10,11,12). The van der Waals surface area contributed by atoms with Crippen molar-refractivity contribution in [3.63, 3.8) is 0 Å². The van der Waals surface area contributed by atoms with Gasteiger partial charge in [-0.2, -0.15) is 0 Å². The highest BCUT2D eigenvalue weighted by atomic mass is 19.3. The Morgan fingerprint density at radius 3 is 2.50 bits per heavy atom. The number of aromatic nitrogens is 1. The monoisotopic (exact) mass is 179 g/mol. The summed E-state index contributed by atoms with van der Waals surface area (Å²) < 4.78 is 36.3. The number of rotatable bonds is 1. The summed E-state index contributed by atoms with van der Waals surface area (Å²) >= 11 is 0. The third-order valence-corrected chi connectivity index (χ3v) is 1.23. The van der Waals surface area contributed by atoms with Crippen molar-refractivity contribution in [2.24, 2.45) is 0 Å². The molecule has 0 aliphatic carbocycles. The maximum atomic E-state index is 12.5. The molecule has 0 atom stereocenters. The Bertz CT molecular complexity index is 321. The molecule has 0 spiro atoms. The molecule has 2 N–H and O–H groups in total. The van der Waals surface area contributed by atoms with Crippen LogP contribution in [-0.2, 0) is 0 Å². The third-order valence-electron chi connectivity index (χ3n) is 1.23. The van der Waals surface area contributed by atoms with Crippen LogP contribution in [0.15, 0.2) is 10.9 Å². The van der Waals surface area contributed by atoms with Gasteiger partial charge in [-0.3, -0.25) is 9.78 Å². The molecule has 12 heavy (non-hydrogen) atoms. The van der Waals surface area contributed by atoms with Gasteiger partial charge >= 0.3 is 0 Å². The number of hydrogen-bond donors (Lipinski definition) is 2. The molecular formula is C6H4F3NO2. The quantitative estimate of drug-likeness (QED) is 0.679. The van der Waals surface area contributed by atoms with Crippen LogP contribution in [0, 0.1) is 5.82 Å². The van der Waals surface area contributed by atoms with E-state index < -0.39 is 29.2 Å². The summed E-state index contributed by atoms with van der Waals surface area (Å²) in [6.45, 7) is 0. The van der Waals surface area contributed by atoms with Crippen molar-refractivity contribution >= 4 is 0 Å². The second-order valence-corrected chi connectivity index (χ2v) is 2.04. The smallest absolute Gasteiger partial charge is 0.271 e. The fourth-order valence-corrected chi connectivity index (χ4v) is 0.734. The number of nitrogens with one attached hydrogen (secondary N) is 1. The van der Waals surface area contributed by atoms with E-state index in [0.717, 1.165) is 0 Å². The first-order valence-electron chi connectivity index (χ1n) is 2.92. The van der Waals surface area contributed by atoms with Crippen LogP contribution >= 0.6 is 0 Å². The highest BCUT2D eigenvalue weighted by molar-refractivity contribution is 5.26. The number of aromatic amines is 1. The summed E-state index contributed by atoms with van der Waals surface area (Å²) in [5.74, 6) is -2.54. The molecule has 0 aromatic carbocycles. The molecule has 0 amide bonds. The van der Waals surface area contributed by atoms with E-state index in [1.54, 1.807) is 4.98 Å². The molecule has 0 radical (unpaired) electrons. The SMILES string of the molecule is O=c1cc(F)c(C(F)F)c(O)[nH]1. The Hall–Kier alpha value is -1.46. The van der Waals surface area contributed by atoms with Crippen LogP contribution in [0.1, 0.15) is 12.0 Å². The lowest BCUT2D eigenvalue weighted by molar-refractivity contribution is 0.141. The number of pyridine rings is 1. The highest BCUT2D eigenvalue weighted by Crippen LogP contribution is 2.26. The van der Waals surface area contributed by atoms with Crippen molar-refractivity contribution in [1.29, 1.82) is 0 Å². The molecule has 3 nitrogen and oxygen atoms in total. The molecule has 0 bridgehead atoms. The first kappa shape index (κ1) is 8.63. The van der Waals surface area contributed by atoms with Crippen LogP contribution in [0.25, 0.3) is 0 Å². The zero-order chi connectivity index (χ0) is 9.30. The predicted octanol–water partition coefficient (Wildman–Crippen LogP) is 1.16. The Morgan fingerprint density at radius 1 is 1.50 bits per heavy atom.